The third-order valence-electron chi connectivity index (χ3n) is 2.57. The van der Waals surface area contributed by atoms with Crippen molar-refractivity contribution in [1.82, 2.24) is 9.97 Å². The van der Waals surface area contributed by atoms with E-state index in [1.165, 1.54) is 0 Å². The molecule has 1 aromatic rings. The van der Waals surface area contributed by atoms with Gasteiger partial charge in [0.1, 0.15) is 5.82 Å². The van der Waals surface area contributed by atoms with E-state index < -0.39 is 0 Å². The number of aryl methyl sites for hydroxylation is 1. The molecule has 0 aliphatic carbocycles. The lowest BCUT2D eigenvalue weighted by atomic mass is 10.2. The van der Waals surface area contributed by atoms with Gasteiger partial charge in [-0.05, 0) is 23.8 Å². The van der Waals surface area contributed by atoms with Crippen LogP contribution in [0, 0.1) is 0 Å². The summed E-state index contributed by atoms with van der Waals surface area (Å²) in [7, 11) is 0. The Morgan fingerprint density at radius 1 is 1.39 bits per heavy atom. The third kappa shape index (κ3) is 3.71. The fraction of sp³-hybridized carbons (Fsp3) is 0.636. The van der Waals surface area contributed by atoms with Crippen LogP contribution in [0.3, 0.4) is 0 Å². The average Bonchev–Trinajstić information content (AvgIpc) is 2.38. The molecule has 0 unspecified atom stereocenters. The van der Waals surface area contributed by atoms with Gasteiger partial charge in [0, 0.05) is 17.9 Å². The maximum Gasteiger partial charge on any atom is 0.224 e. The zero-order chi connectivity index (χ0) is 12.8. The van der Waals surface area contributed by atoms with E-state index in [2.05, 4.69) is 15.3 Å². The second kappa shape index (κ2) is 7.13. The summed E-state index contributed by atoms with van der Waals surface area (Å²) in [4.78, 5) is 8.50. The van der Waals surface area contributed by atoms with Gasteiger partial charge in [-0.2, -0.15) is 11.8 Å². The maximum absolute atomic E-state index is 8.59. The highest BCUT2D eigenvalue weighted by Crippen LogP contribution is 2.29. The van der Waals surface area contributed by atoms with E-state index in [0.717, 1.165) is 35.0 Å². The van der Waals surface area contributed by atoms with E-state index in [0.29, 0.717) is 25.0 Å². The first-order chi connectivity index (χ1) is 8.81. The van der Waals surface area contributed by atoms with E-state index in [1.807, 2.05) is 11.8 Å². The van der Waals surface area contributed by atoms with Gasteiger partial charge in [-0.15, -0.1) is 0 Å². The molecule has 0 radical (unpaired) electrons. The summed E-state index contributed by atoms with van der Waals surface area (Å²) >= 11 is 7.79. The van der Waals surface area contributed by atoms with Crippen LogP contribution in [-0.2, 0) is 16.9 Å². The highest BCUT2D eigenvalue weighted by Gasteiger charge is 2.17. The summed E-state index contributed by atoms with van der Waals surface area (Å²) in [6, 6.07) is 0. The minimum absolute atomic E-state index is 0.0470. The van der Waals surface area contributed by atoms with Crippen LogP contribution < -0.4 is 5.32 Å². The van der Waals surface area contributed by atoms with Crippen LogP contribution in [-0.4, -0.2) is 47.2 Å². The number of nitrogens with one attached hydrogen (secondary N) is 1. The Labute approximate surface area is 115 Å². The third-order valence-corrected chi connectivity index (χ3v) is 3.72. The number of thioether (sulfide) groups is 1. The molecule has 1 aliphatic rings. The van der Waals surface area contributed by atoms with Crippen LogP contribution in [0.25, 0.3) is 0 Å². The Morgan fingerprint density at radius 2 is 2.28 bits per heavy atom. The monoisotopic (exact) mass is 289 g/mol. The summed E-state index contributed by atoms with van der Waals surface area (Å²) in [5.41, 5.74) is 2.20. The van der Waals surface area contributed by atoms with Crippen molar-refractivity contribution in [3.8, 4) is 0 Å². The minimum atomic E-state index is 0.0470. The van der Waals surface area contributed by atoms with Gasteiger partial charge >= 0.3 is 0 Å². The highest BCUT2D eigenvalue weighted by atomic mass is 35.5. The van der Waals surface area contributed by atoms with Crippen molar-refractivity contribution in [3.05, 3.63) is 16.5 Å². The average molecular weight is 290 g/mol. The molecular weight excluding hydrogens is 274 g/mol. The second-order valence-electron chi connectivity index (χ2n) is 3.83. The van der Waals surface area contributed by atoms with Crippen molar-refractivity contribution in [2.45, 2.75) is 12.2 Å². The minimum Gasteiger partial charge on any atom is -0.394 e. The fourth-order valence-electron chi connectivity index (χ4n) is 1.76. The van der Waals surface area contributed by atoms with E-state index >= 15 is 0 Å². The number of anilines is 1. The zero-order valence-corrected chi connectivity index (χ0v) is 11.6. The van der Waals surface area contributed by atoms with Gasteiger partial charge in [0.25, 0.3) is 0 Å². The largest absolute Gasteiger partial charge is 0.394 e. The molecule has 0 spiro atoms. The number of hydrogen-bond acceptors (Lipinski definition) is 6. The smallest absolute Gasteiger partial charge is 0.224 e. The Hall–Kier alpha value is -0.560. The van der Waals surface area contributed by atoms with Gasteiger partial charge in [-0.3, -0.25) is 0 Å². The van der Waals surface area contributed by atoms with Gasteiger partial charge in [-0.1, -0.05) is 0 Å². The topological polar surface area (TPSA) is 67.3 Å². The van der Waals surface area contributed by atoms with Gasteiger partial charge in [0.2, 0.25) is 5.28 Å². The van der Waals surface area contributed by atoms with Crippen molar-refractivity contribution in [2.24, 2.45) is 0 Å². The van der Waals surface area contributed by atoms with Crippen LogP contribution in [0.4, 0.5) is 5.82 Å². The van der Waals surface area contributed by atoms with Crippen molar-refractivity contribution in [1.29, 1.82) is 0 Å². The Morgan fingerprint density at radius 3 is 3.11 bits per heavy atom. The maximum atomic E-state index is 8.59. The number of aliphatic hydroxyl groups excluding tert-OH is 1. The Kier molecular flexibility index (Phi) is 5.49. The lowest BCUT2D eigenvalue weighted by molar-refractivity contribution is 0.0992. The number of fused-ring (bicyclic) bond motifs is 1. The normalized spacial score (nSPS) is 14.3. The Balaban J connectivity index is 1.96. The molecule has 0 fully saturated rings. The van der Waals surface area contributed by atoms with Gasteiger partial charge in [0.15, 0.2) is 0 Å². The number of aromatic nitrogens is 2. The second-order valence-corrected chi connectivity index (χ2v) is 5.28. The van der Waals surface area contributed by atoms with Crippen molar-refractivity contribution >= 4 is 29.2 Å². The van der Waals surface area contributed by atoms with E-state index in [9.17, 15) is 0 Å². The summed E-state index contributed by atoms with van der Waals surface area (Å²) < 4.78 is 5.18. The van der Waals surface area contributed by atoms with Crippen LogP contribution >= 0.6 is 23.4 Å². The lowest BCUT2D eigenvalue weighted by Crippen LogP contribution is -2.16. The SMILES string of the molecule is OCCOCCNc1nc(Cl)nc2c1CSCC2. The molecule has 0 amide bonds. The molecule has 1 aliphatic heterocycles. The van der Waals surface area contributed by atoms with Crippen LogP contribution in [0.1, 0.15) is 11.3 Å². The molecule has 0 saturated carbocycles. The van der Waals surface area contributed by atoms with E-state index in [-0.39, 0.29) is 6.61 Å². The molecular formula is C11H16ClN3O2S. The summed E-state index contributed by atoms with van der Waals surface area (Å²) in [6.07, 6.45) is 0.942. The quantitative estimate of drug-likeness (QED) is 0.608. The van der Waals surface area contributed by atoms with Crippen LogP contribution in [0.2, 0.25) is 5.28 Å². The molecule has 100 valence electrons. The van der Waals surface area contributed by atoms with Gasteiger partial charge in [-0.25, -0.2) is 9.97 Å². The van der Waals surface area contributed by atoms with Crippen molar-refractivity contribution in [2.75, 3.05) is 37.4 Å². The van der Waals surface area contributed by atoms with E-state index in [1.54, 1.807) is 0 Å². The number of nitrogens with zero attached hydrogens (tertiary/aromatic N) is 2. The number of hydrogen-bond donors (Lipinski definition) is 2. The van der Waals surface area contributed by atoms with Crippen LogP contribution in [0.5, 0.6) is 0 Å². The summed E-state index contributed by atoms with van der Waals surface area (Å²) in [5, 5.41) is 12.1. The molecule has 0 atom stereocenters. The molecule has 0 saturated heterocycles. The predicted molar refractivity (Wildman–Crippen MR) is 73.3 cm³/mol. The zero-order valence-electron chi connectivity index (χ0n) is 9.99. The molecule has 2 rings (SSSR count). The van der Waals surface area contributed by atoms with Gasteiger partial charge in [0.05, 0.1) is 25.5 Å². The summed E-state index contributed by atoms with van der Waals surface area (Å²) in [6.45, 7) is 1.58. The first-order valence-corrected chi connectivity index (χ1v) is 7.40. The standard InChI is InChI=1S/C11H16ClN3O2S/c12-11-14-9-1-6-18-7-8(9)10(15-11)13-2-4-17-5-3-16/h16H,1-7H2,(H,13,14,15). The molecule has 2 heterocycles. The lowest BCUT2D eigenvalue weighted by Gasteiger charge is -2.18. The highest BCUT2D eigenvalue weighted by molar-refractivity contribution is 7.98. The summed E-state index contributed by atoms with van der Waals surface area (Å²) in [5.74, 6) is 2.82. The molecule has 1 aromatic heterocycles. The van der Waals surface area contributed by atoms with Crippen molar-refractivity contribution in [3.63, 3.8) is 0 Å². The molecule has 2 N–H and O–H groups in total. The number of rotatable bonds is 6. The Bertz CT molecular complexity index is 406. The molecule has 7 heteroatoms. The first-order valence-electron chi connectivity index (χ1n) is 5.86. The number of aliphatic hydroxyl groups is 1. The van der Waals surface area contributed by atoms with Gasteiger partial charge < -0.3 is 15.2 Å². The molecule has 5 nitrogen and oxygen atoms in total. The molecule has 0 bridgehead atoms. The predicted octanol–water partition coefficient (Wildman–Crippen LogP) is 1.34. The van der Waals surface area contributed by atoms with Crippen molar-refractivity contribution < 1.29 is 9.84 Å². The molecule has 0 aromatic carbocycles. The fourth-order valence-corrected chi connectivity index (χ4v) is 2.93. The van der Waals surface area contributed by atoms with Crippen LogP contribution in [0.15, 0.2) is 0 Å². The first kappa shape index (κ1) is 13.9. The molecule has 18 heavy (non-hydrogen) atoms. The number of ether oxygens (including phenoxy) is 1. The van der Waals surface area contributed by atoms with E-state index in [4.69, 9.17) is 21.4 Å². The number of halogens is 1.